The first-order valence-corrected chi connectivity index (χ1v) is 17.3. The third-order valence-electron chi connectivity index (χ3n) is 10.3. The van der Waals surface area contributed by atoms with E-state index in [2.05, 4.69) is 63.7 Å². The molecule has 2 aliphatic heterocycles. The van der Waals surface area contributed by atoms with Gasteiger partial charge in [-0.25, -0.2) is 19.7 Å². The van der Waals surface area contributed by atoms with E-state index in [9.17, 15) is 4.79 Å². The topological polar surface area (TPSA) is 120 Å². The molecule has 5 aromatic rings. The molecule has 3 N–H and O–H groups in total. The number of fused-ring (bicyclic) bond motifs is 1. The summed E-state index contributed by atoms with van der Waals surface area (Å²) in [5.74, 6) is 1.06. The van der Waals surface area contributed by atoms with Crippen LogP contribution < -0.4 is 16.0 Å². The molecule has 3 aromatic heterocycles. The van der Waals surface area contributed by atoms with Gasteiger partial charge in [0.2, 0.25) is 0 Å². The number of ether oxygens (including phenoxy) is 2. The molecule has 49 heavy (non-hydrogen) atoms. The number of pyridine rings is 2. The normalized spacial score (nSPS) is 18.1. The van der Waals surface area contributed by atoms with E-state index in [-0.39, 0.29) is 0 Å². The SMILES string of the molecule is CC(C)(C)OC(=O)NC1(c2ccc(-n3c(-c4cccnc4N)nc4ccc(-c5ccc(N6CC7(CCOCC7)C6)cc5)nc43)cc2)CCC1. The predicted molar refractivity (Wildman–Crippen MR) is 192 cm³/mol. The minimum absolute atomic E-state index is 0.398. The van der Waals surface area contributed by atoms with Crippen LogP contribution in [-0.4, -0.2) is 57.5 Å². The Kier molecular flexibility index (Phi) is 7.59. The lowest BCUT2D eigenvalue weighted by atomic mass is 9.72. The lowest BCUT2D eigenvalue weighted by Crippen LogP contribution is -2.58. The lowest BCUT2D eigenvalue weighted by molar-refractivity contribution is -0.000195. The van der Waals surface area contributed by atoms with Gasteiger partial charge in [0.15, 0.2) is 11.5 Å². The van der Waals surface area contributed by atoms with Gasteiger partial charge in [-0.2, -0.15) is 0 Å². The Labute approximate surface area is 286 Å². The predicted octanol–water partition coefficient (Wildman–Crippen LogP) is 7.25. The number of alkyl carbamates (subject to hydrolysis) is 1. The van der Waals surface area contributed by atoms with Crippen molar-refractivity contribution in [1.29, 1.82) is 0 Å². The molecule has 1 aliphatic carbocycles. The van der Waals surface area contributed by atoms with E-state index in [1.54, 1.807) is 6.20 Å². The van der Waals surface area contributed by atoms with Gasteiger partial charge in [0.1, 0.15) is 16.9 Å². The molecule has 1 saturated carbocycles. The molecule has 3 fully saturated rings. The summed E-state index contributed by atoms with van der Waals surface area (Å²) in [6.45, 7) is 9.57. The van der Waals surface area contributed by atoms with Crippen LogP contribution in [0.2, 0.25) is 0 Å². The van der Waals surface area contributed by atoms with Gasteiger partial charge in [0, 0.05) is 54.9 Å². The number of nitrogen functional groups attached to an aromatic ring is 1. The smallest absolute Gasteiger partial charge is 0.408 e. The first-order valence-electron chi connectivity index (χ1n) is 17.3. The summed E-state index contributed by atoms with van der Waals surface area (Å²) in [5.41, 5.74) is 13.1. The number of nitrogens with zero attached hydrogens (tertiary/aromatic N) is 5. The van der Waals surface area contributed by atoms with Gasteiger partial charge in [0.25, 0.3) is 0 Å². The van der Waals surface area contributed by atoms with Crippen molar-refractivity contribution in [3.63, 3.8) is 0 Å². The second-order valence-electron chi connectivity index (χ2n) is 14.9. The van der Waals surface area contributed by atoms with Crippen molar-refractivity contribution >= 4 is 28.8 Å². The zero-order valence-electron chi connectivity index (χ0n) is 28.4. The van der Waals surface area contributed by atoms with Gasteiger partial charge in [-0.05, 0) is 107 Å². The highest BCUT2D eigenvalue weighted by Gasteiger charge is 2.44. The number of nitrogens with two attached hydrogens (primary N) is 1. The van der Waals surface area contributed by atoms with Crippen molar-refractivity contribution in [2.24, 2.45) is 5.41 Å². The average Bonchev–Trinajstić information content (AvgIpc) is 3.44. The zero-order valence-corrected chi connectivity index (χ0v) is 28.4. The number of carbonyl (C=O) groups is 1. The Morgan fingerprint density at radius 2 is 1.61 bits per heavy atom. The Hall–Kier alpha value is -4.96. The molecule has 0 unspecified atom stereocenters. The molecule has 8 rings (SSSR count). The highest BCUT2D eigenvalue weighted by Crippen LogP contribution is 2.43. The van der Waals surface area contributed by atoms with Crippen molar-refractivity contribution in [3.05, 3.63) is 84.6 Å². The van der Waals surface area contributed by atoms with E-state index in [0.717, 1.165) is 97.6 Å². The molecule has 1 spiro atoms. The highest BCUT2D eigenvalue weighted by atomic mass is 16.6. The number of carbonyl (C=O) groups excluding carboxylic acids is 1. The molecule has 0 bridgehead atoms. The van der Waals surface area contributed by atoms with Crippen LogP contribution in [0, 0.1) is 5.41 Å². The summed E-state index contributed by atoms with van der Waals surface area (Å²) in [6, 6.07) is 24.8. The number of hydrogen-bond acceptors (Lipinski definition) is 8. The van der Waals surface area contributed by atoms with Crippen LogP contribution in [0.5, 0.6) is 0 Å². The maximum absolute atomic E-state index is 12.8. The molecular weight excluding hydrogens is 614 g/mol. The van der Waals surface area contributed by atoms with Crippen LogP contribution in [0.25, 0.3) is 39.5 Å². The molecule has 5 heterocycles. The van der Waals surface area contributed by atoms with Crippen LogP contribution in [0.15, 0.2) is 79.0 Å². The standard InChI is InChI=1S/C39H43N7O3/c1-37(2,3)49-36(47)44-39(17-5-18-39)27-9-13-29(14-10-27)46-34(30-6-4-21-41-33(30)40)43-32-16-15-31(42-35(32)46)26-7-11-28(12-8-26)45-24-38(25-45)19-22-48-23-20-38/h4,6-16,21H,5,17-20,22-25H2,1-3H3,(H2,40,41)(H,44,47). The van der Waals surface area contributed by atoms with Crippen LogP contribution in [0.1, 0.15) is 58.4 Å². The maximum atomic E-state index is 12.8. The highest BCUT2D eigenvalue weighted by molar-refractivity contribution is 5.84. The fraction of sp³-hybridized carbons (Fsp3) is 0.385. The fourth-order valence-corrected chi connectivity index (χ4v) is 7.50. The van der Waals surface area contributed by atoms with Gasteiger partial charge < -0.3 is 25.4 Å². The van der Waals surface area contributed by atoms with Crippen molar-refractivity contribution in [3.8, 4) is 28.3 Å². The van der Waals surface area contributed by atoms with Crippen LogP contribution in [0.3, 0.4) is 0 Å². The number of amides is 1. The molecular formula is C39H43N7O3. The molecule has 2 aromatic carbocycles. The minimum Gasteiger partial charge on any atom is -0.444 e. The molecule has 10 heteroatoms. The number of imidazole rings is 1. The molecule has 2 saturated heterocycles. The molecule has 0 radical (unpaired) electrons. The fourth-order valence-electron chi connectivity index (χ4n) is 7.50. The molecule has 3 aliphatic rings. The third-order valence-corrected chi connectivity index (χ3v) is 10.3. The maximum Gasteiger partial charge on any atom is 0.408 e. The van der Waals surface area contributed by atoms with Crippen LogP contribution in [-0.2, 0) is 15.0 Å². The third kappa shape index (κ3) is 5.88. The summed E-state index contributed by atoms with van der Waals surface area (Å²) in [4.78, 5) is 29.8. The van der Waals surface area contributed by atoms with Gasteiger partial charge in [-0.1, -0.05) is 24.3 Å². The van der Waals surface area contributed by atoms with E-state index in [1.165, 1.54) is 5.69 Å². The minimum atomic E-state index is -0.567. The second kappa shape index (κ2) is 11.9. The monoisotopic (exact) mass is 657 g/mol. The summed E-state index contributed by atoms with van der Waals surface area (Å²) < 4.78 is 13.2. The van der Waals surface area contributed by atoms with Crippen molar-refractivity contribution in [1.82, 2.24) is 24.8 Å². The average molecular weight is 658 g/mol. The Balaban J connectivity index is 1.12. The Morgan fingerprint density at radius 1 is 0.898 bits per heavy atom. The van der Waals surface area contributed by atoms with E-state index >= 15 is 0 Å². The second-order valence-corrected chi connectivity index (χ2v) is 14.9. The van der Waals surface area contributed by atoms with E-state index in [4.69, 9.17) is 25.2 Å². The largest absolute Gasteiger partial charge is 0.444 e. The van der Waals surface area contributed by atoms with Gasteiger partial charge in [-0.3, -0.25) is 4.57 Å². The first kappa shape index (κ1) is 31.3. The summed E-state index contributed by atoms with van der Waals surface area (Å²) in [6.07, 6.45) is 6.33. The van der Waals surface area contributed by atoms with E-state index in [1.807, 2.05) is 49.6 Å². The van der Waals surface area contributed by atoms with Gasteiger partial charge in [-0.15, -0.1) is 0 Å². The van der Waals surface area contributed by atoms with Crippen LogP contribution >= 0.6 is 0 Å². The van der Waals surface area contributed by atoms with E-state index in [0.29, 0.717) is 17.1 Å². The first-order chi connectivity index (χ1) is 23.6. The Morgan fingerprint density at radius 3 is 2.27 bits per heavy atom. The molecule has 0 atom stereocenters. The number of aromatic nitrogens is 4. The van der Waals surface area contributed by atoms with Crippen LogP contribution in [0.4, 0.5) is 16.3 Å². The van der Waals surface area contributed by atoms with Crippen molar-refractivity contribution in [2.75, 3.05) is 36.9 Å². The quantitative estimate of drug-likeness (QED) is 0.196. The number of rotatable bonds is 6. The van der Waals surface area contributed by atoms with Gasteiger partial charge >= 0.3 is 6.09 Å². The molecule has 10 nitrogen and oxygen atoms in total. The van der Waals surface area contributed by atoms with Crippen molar-refractivity contribution < 1.29 is 14.3 Å². The summed E-state index contributed by atoms with van der Waals surface area (Å²) in [7, 11) is 0. The van der Waals surface area contributed by atoms with E-state index < -0.39 is 17.2 Å². The van der Waals surface area contributed by atoms with Gasteiger partial charge in [0.05, 0.1) is 16.8 Å². The number of hydrogen-bond donors (Lipinski definition) is 2. The molecule has 252 valence electrons. The lowest BCUT2D eigenvalue weighted by Gasteiger charge is -2.53. The van der Waals surface area contributed by atoms with Crippen molar-refractivity contribution in [2.45, 2.75) is 64.0 Å². The number of anilines is 2. The number of benzene rings is 2. The summed E-state index contributed by atoms with van der Waals surface area (Å²) in [5, 5.41) is 3.16. The summed E-state index contributed by atoms with van der Waals surface area (Å²) >= 11 is 0. The number of nitrogens with one attached hydrogen (secondary N) is 1. The zero-order chi connectivity index (χ0) is 33.8. The molecule has 1 amide bonds. The Bertz CT molecular complexity index is 2000.